The van der Waals surface area contributed by atoms with E-state index < -0.39 is 30.6 Å². The summed E-state index contributed by atoms with van der Waals surface area (Å²) >= 11 is 0. The Morgan fingerprint density at radius 1 is 1.35 bits per heavy atom. The number of halogens is 3. The van der Waals surface area contributed by atoms with Crippen LogP contribution < -0.4 is 5.32 Å². The standard InChI is InChI=1S/C15H14F3N3O2/c16-15(17,18)8-21-7-11(6-13(21)22)20-14(23)10-1-2-12-9(5-10)3-4-19-12/h1-5,11,19H,6-8H2,(H,20,23)/t11-/m1/s1. The molecule has 1 aromatic heterocycles. The number of carbonyl (C=O) groups excluding carboxylic acids is 2. The van der Waals surface area contributed by atoms with E-state index in [0.29, 0.717) is 5.56 Å². The van der Waals surface area contributed by atoms with Crippen molar-refractivity contribution in [3.8, 4) is 0 Å². The molecule has 1 fully saturated rings. The van der Waals surface area contributed by atoms with E-state index >= 15 is 0 Å². The minimum Gasteiger partial charge on any atom is -0.361 e. The van der Waals surface area contributed by atoms with Crippen molar-refractivity contribution in [2.24, 2.45) is 0 Å². The molecule has 2 aromatic rings. The molecule has 0 spiro atoms. The number of carbonyl (C=O) groups is 2. The number of H-pyrrole nitrogens is 1. The van der Waals surface area contributed by atoms with Crippen LogP contribution >= 0.6 is 0 Å². The predicted octanol–water partition coefficient (Wildman–Crippen LogP) is 2.06. The van der Waals surface area contributed by atoms with Gasteiger partial charge in [-0.25, -0.2) is 0 Å². The first-order valence-corrected chi connectivity index (χ1v) is 7.04. The third-order valence-corrected chi connectivity index (χ3v) is 3.74. The highest BCUT2D eigenvalue weighted by molar-refractivity contribution is 5.98. The third-order valence-electron chi connectivity index (χ3n) is 3.74. The number of nitrogens with one attached hydrogen (secondary N) is 2. The van der Waals surface area contributed by atoms with E-state index in [1.807, 2.05) is 6.07 Å². The fraction of sp³-hybridized carbons (Fsp3) is 0.333. The van der Waals surface area contributed by atoms with Crippen LogP contribution in [0.5, 0.6) is 0 Å². The van der Waals surface area contributed by atoms with E-state index in [-0.39, 0.29) is 13.0 Å². The summed E-state index contributed by atoms with van der Waals surface area (Å²) in [6.45, 7) is -1.41. The highest BCUT2D eigenvalue weighted by Crippen LogP contribution is 2.21. The summed E-state index contributed by atoms with van der Waals surface area (Å²) in [4.78, 5) is 27.5. The Kier molecular flexibility index (Phi) is 3.75. The Morgan fingerprint density at radius 2 is 2.13 bits per heavy atom. The van der Waals surface area contributed by atoms with E-state index in [2.05, 4.69) is 10.3 Å². The van der Waals surface area contributed by atoms with Gasteiger partial charge in [0.05, 0.1) is 6.04 Å². The summed E-state index contributed by atoms with van der Waals surface area (Å²) in [6, 6.07) is 6.26. The van der Waals surface area contributed by atoms with Gasteiger partial charge in [-0.05, 0) is 24.3 Å². The van der Waals surface area contributed by atoms with Gasteiger partial charge in [-0.15, -0.1) is 0 Å². The molecule has 1 saturated heterocycles. The summed E-state index contributed by atoms with van der Waals surface area (Å²) in [6.07, 6.45) is -2.81. The Balaban J connectivity index is 1.65. The van der Waals surface area contributed by atoms with Crippen LogP contribution in [0.15, 0.2) is 30.5 Å². The van der Waals surface area contributed by atoms with Crippen molar-refractivity contribution >= 4 is 22.7 Å². The number of hydrogen-bond acceptors (Lipinski definition) is 2. The number of rotatable bonds is 3. The van der Waals surface area contributed by atoms with E-state index in [1.165, 1.54) is 0 Å². The first-order chi connectivity index (χ1) is 10.8. The average molecular weight is 325 g/mol. The van der Waals surface area contributed by atoms with Crippen LogP contribution in [0.25, 0.3) is 10.9 Å². The van der Waals surface area contributed by atoms with Crippen molar-refractivity contribution in [1.29, 1.82) is 0 Å². The lowest BCUT2D eigenvalue weighted by Crippen LogP contribution is -2.39. The molecule has 1 aliphatic heterocycles. The molecule has 5 nitrogen and oxygen atoms in total. The van der Waals surface area contributed by atoms with Gasteiger partial charge in [0.15, 0.2) is 0 Å². The van der Waals surface area contributed by atoms with E-state index in [0.717, 1.165) is 15.8 Å². The van der Waals surface area contributed by atoms with Gasteiger partial charge in [0.25, 0.3) is 5.91 Å². The maximum Gasteiger partial charge on any atom is 0.406 e. The van der Waals surface area contributed by atoms with Crippen molar-refractivity contribution in [1.82, 2.24) is 15.2 Å². The highest BCUT2D eigenvalue weighted by atomic mass is 19.4. The van der Waals surface area contributed by atoms with Gasteiger partial charge >= 0.3 is 6.18 Å². The highest BCUT2D eigenvalue weighted by Gasteiger charge is 2.38. The van der Waals surface area contributed by atoms with Gasteiger partial charge in [-0.3, -0.25) is 9.59 Å². The second-order valence-corrected chi connectivity index (χ2v) is 5.54. The predicted molar refractivity (Wildman–Crippen MR) is 76.8 cm³/mol. The number of hydrogen-bond donors (Lipinski definition) is 2. The van der Waals surface area contributed by atoms with Crippen LogP contribution in [-0.4, -0.2) is 47.0 Å². The first-order valence-electron chi connectivity index (χ1n) is 7.04. The third kappa shape index (κ3) is 3.46. The number of likely N-dealkylation sites (tertiary alicyclic amines) is 1. The van der Waals surface area contributed by atoms with Gasteiger partial charge in [-0.1, -0.05) is 0 Å². The fourth-order valence-electron chi connectivity index (χ4n) is 2.70. The molecule has 8 heteroatoms. The minimum atomic E-state index is -4.44. The number of fused-ring (bicyclic) bond motifs is 1. The number of aromatic amines is 1. The van der Waals surface area contributed by atoms with Gasteiger partial charge in [0.1, 0.15) is 6.54 Å². The molecule has 0 unspecified atom stereocenters. The molecule has 2 N–H and O–H groups in total. The molecule has 0 bridgehead atoms. The van der Waals surface area contributed by atoms with Crippen molar-refractivity contribution in [3.05, 3.63) is 36.0 Å². The molecule has 1 aliphatic rings. The number of alkyl halides is 3. The summed E-state index contributed by atoms with van der Waals surface area (Å²) in [5.41, 5.74) is 1.28. The molecule has 122 valence electrons. The Morgan fingerprint density at radius 3 is 2.87 bits per heavy atom. The average Bonchev–Trinajstić information content (AvgIpc) is 3.03. The van der Waals surface area contributed by atoms with E-state index in [1.54, 1.807) is 24.4 Å². The van der Waals surface area contributed by atoms with E-state index in [9.17, 15) is 22.8 Å². The molecular formula is C15H14F3N3O2. The normalized spacial score (nSPS) is 18.7. The second kappa shape index (κ2) is 5.60. The van der Waals surface area contributed by atoms with Crippen LogP contribution in [0.1, 0.15) is 16.8 Å². The smallest absolute Gasteiger partial charge is 0.361 e. The van der Waals surface area contributed by atoms with Crippen LogP contribution in [0.3, 0.4) is 0 Å². The van der Waals surface area contributed by atoms with Crippen molar-refractivity contribution in [2.45, 2.75) is 18.6 Å². The molecule has 0 aliphatic carbocycles. The summed E-state index contributed by atoms with van der Waals surface area (Å²) in [5, 5.41) is 3.48. The van der Waals surface area contributed by atoms with Crippen LogP contribution in [0.2, 0.25) is 0 Å². The van der Waals surface area contributed by atoms with Gasteiger partial charge < -0.3 is 15.2 Å². The fourth-order valence-corrected chi connectivity index (χ4v) is 2.70. The molecule has 0 radical (unpaired) electrons. The molecule has 2 heterocycles. The van der Waals surface area contributed by atoms with Crippen LogP contribution in [0.4, 0.5) is 13.2 Å². The topological polar surface area (TPSA) is 65.2 Å². The summed E-state index contributed by atoms with van der Waals surface area (Å²) < 4.78 is 37.1. The quantitative estimate of drug-likeness (QED) is 0.907. The maximum atomic E-state index is 12.4. The monoisotopic (exact) mass is 325 g/mol. The first kappa shape index (κ1) is 15.4. The molecule has 23 heavy (non-hydrogen) atoms. The van der Waals surface area contributed by atoms with Crippen molar-refractivity contribution in [2.75, 3.05) is 13.1 Å². The Bertz CT molecular complexity index is 754. The molecule has 0 saturated carbocycles. The Hall–Kier alpha value is -2.51. The number of benzene rings is 1. The van der Waals surface area contributed by atoms with Crippen molar-refractivity contribution < 1.29 is 22.8 Å². The summed E-state index contributed by atoms with van der Waals surface area (Å²) in [7, 11) is 0. The maximum absolute atomic E-state index is 12.4. The van der Waals surface area contributed by atoms with Gasteiger partial charge in [-0.2, -0.15) is 13.2 Å². The molecule has 1 atom stereocenters. The van der Waals surface area contributed by atoms with Crippen molar-refractivity contribution in [3.63, 3.8) is 0 Å². The largest absolute Gasteiger partial charge is 0.406 e. The lowest BCUT2D eigenvalue weighted by Gasteiger charge is -2.18. The summed E-state index contributed by atoms with van der Waals surface area (Å²) in [5.74, 6) is -1.01. The number of nitrogens with zero attached hydrogens (tertiary/aromatic N) is 1. The van der Waals surface area contributed by atoms with E-state index in [4.69, 9.17) is 0 Å². The minimum absolute atomic E-state index is 0.117. The zero-order valence-corrected chi connectivity index (χ0v) is 12.0. The number of aromatic nitrogens is 1. The number of amides is 2. The lowest BCUT2D eigenvalue weighted by molar-refractivity contribution is -0.157. The SMILES string of the molecule is O=C(N[C@@H]1CC(=O)N(CC(F)(F)F)C1)c1ccc2[nH]ccc2c1. The zero-order valence-electron chi connectivity index (χ0n) is 12.0. The van der Waals surface area contributed by atoms with Crippen LogP contribution in [-0.2, 0) is 4.79 Å². The molecule has 2 amide bonds. The second-order valence-electron chi connectivity index (χ2n) is 5.54. The molecular weight excluding hydrogens is 311 g/mol. The lowest BCUT2D eigenvalue weighted by atomic mass is 10.1. The van der Waals surface area contributed by atoms with Gasteiger partial charge in [0.2, 0.25) is 5.91 Å². The Labute approximate surface area is 129 Å². The molecule has 3 rings (SSSR count). The zero-order chi connectivity index (χ0) is 16.6. The van der Waals surface area contributed by atoms with Gasteiger partial charge in [0, 0.05) is 35.6 Å². The van der Waals surface area contributed by atoms with Crippen LogP contribution in [0, 0.1) is 0 Å². The molecule has 1 aromatic carbocycles.